The minimum Gasteiger partial charge on any atom is -0.465 e. The van der Waals surface area contributed by atoms with Gasteiger partial charge in [0.05, 0.1) is 24.0 Å². The number of hydrogen-bond donors (Lipinski definition) is 1. The predicted molar refractivity (Wildman–Crippen MR) is 82.0 cm³/mol. The maximum absolute atomic E-state index is 11.6. The van der Waals surface area contributed by atoms with Gasteiger partial charge < -0.3 is 15.4 Å². The Morgan fingerprint density at radius 1 is 1.40 bits per heavy atom. The molecule has 1 aromatic rings. The van der Waals surface area contributed by atoms with Gasteiger partial charge >= 0.3 is 5.97 Å². The molecule has 1 aliphatic rings. The van der Waals surface area contributed by atoms with E-state index in [-0.39, 0.29) is 5.97 Å². The molecular formula is C16H24N2O2. The lowest BCUT2D eigenvalue weighted by Crippen LogP contribution is -2.25. The molecule has 4 nitrogen and oxygen atoms in total. The lowest BCUT2D eigenvalue weighted by Gasteiger charge is -2.25. The molecule has 0 bridgehead atoms. The molecule has 0 aromatic heterocycles. The second kappa shape index (κ2) is 6.64. The van der Waals surface area contributed by atoms with Crippen molar-refractivity contribution in [1.82, 2.24) is 0 Å². The summed E-state index contributed by atoms with van der Waals surface area (Å²) in [5.74, 6) is 0.498. The fourth-order valence-electron chi connectivity index (χ4n) is 2.88. The van der Waals surface area contributed by atoms with Crippen molar-refractivity contribution in [1.29, 1.82) is 0 Å². The van der Waals surface area contributed by atoms with E-state index in [1.165, 1.54) is 32.8 Å². The van der Waals surface area contributed by atoms with Gasteiger partial charge in [0.2, 0.25) is 0 Å². The first-order valence-corrected chi connectivity index (χ1v) is 7.38. The van der Waals surface area contributed by atoms with Gasteiger partial charge in [-0.1, -0.05) is 13.3 Å². The van der Waals surface area contributed by atoms with E-state index in [1.807, 2.05) is 6.07 Å². The van der Waals surface area contributed by atoms with Crippen LogP contribution < -0.4 is 10.6 Å². The summed E-state index contributed by atoms with van der Waals surface area (Å²) in [6, 6.07) is 5.37. The lowest BCUT2D eigenvalue weighted by molar-refractivity contribution is 0.0601. The minimum atomic E-state index is -0.312. The molecule has 1 heterocycles. The van der Waals surface area contributed by atoms with Gasteiger partial charge in [0.25, 0.3) is 0 Å². The smallest absolute Gasteiger partial charge is 0.337 e. The number of anilines is 2. The van der Waals surface area contributed by atoms with Crippen molar-refractivity contribution in [2.45, 2.75) is 32.6 Å². The van der Waals surface area contributed by atoms with Crippen molar-refractivity contribution < 1.29 is 9.53 Å². The van der Waals surface area contributed by atoms with Crippen molar-refractivity contribution in [2.75, 3.05) is 30.8 Å². The third kappa shape index (κ3) is 3.24. The summed E-state index contributed by atoms with van der Waals surface area (Å²) in [5.41, 5.74) is 8.34. The molecule has 2 N–H and O–H groups in total. The van der Waals surface area contributed by atoms with Crippen LogP contribution in [-0.2, 0) is 4.74 Å². The summed E-state index contributed by atoms with van der Waals surface area (Å²) in [6.45, 7) is 4.27. The molecule has 1 aliphatic heterocycles. The molecule has 0 radical (unpaired) electrons. The largest absolute Gasteiger partial charge is 0.465 e. The number of methoxy groups -OCH3 is 1. The van der Waals surface area contributed by atoms with Crippen LogP contribution in [0.25, 0.3) is 0 Å². The van der Waals surface area contributed by atoms with E-state index in [1.54, 1.807) is 12.1 Å². The summed E-state index contributed by atoms with van der Waals surface area (Å²) in [6.07, 6.45) is 4.90. The van der Waals surface area contributed by atoms with Crippen LogP contribution in [0.1, 0.15) is 43.0 Å². The molecule has 0 saturated carbocycles. The van der Waals surface area contributed by atoms with Crippen molar-refractivity contribution in [2.24, 2.45) is 5.92 Å². The molecule has 110 valence electrons. The third-order valence-corrected chi connectivity index (χ3v) is 4.22. The van der Waals surface area contributed by atoms with E-state index in [4.69, 9.17) is 10.5 Å². The van der Waals surface area contributed by atoms with Gasteiger partial charge in [0.15, 0.2) is 0 Å². The maximum atomic E-state index is 11.6. The Kier molecular flexibility index (Phi) is 4.88. The molecule has 20 heavy (non-hydrogen) atoms. The molecule has 1 fully saturated rings. The number of benzene rings is 1. The number of nitrogen functional groups attached to an aromatic ring is 1. The highest BCUT2D eigenvalue weighted by Crippen LogP contribution is 2.29. The average molecular weight is 276 g/mol. The number of nitrogens with zero attached hydrogens (tertiary/aromatic N) is 1. The van der Waals surface area contributed by atoms with E-state index >= 15 is 0 Å². The van der Waals surface area contributed by atoms with Crippen LogP contribution in [0, 0.1) is 5.92 Å². The Labute approximate surface area is 120 Å². The minimum absolute atomic E-state index is 0.312. The fourth-order valence-corrected chi connectivity index (χ4v) is 2.88. The zero-order valence-electron chi connectivity index (χ0n) is 12.4. The van der Waals surface area contributed by atoms with Crippen LogP contribution in [0.2, 0.25) is 0 Å². The van der Waals surface area contributed by atoms with E-state index < -0.39 is 0 Å². The number of ether oxygens (including phenoxy) is 1. The third-order valence-electron chi connectivity index (χ3n) is 4.22. The van der Waals surface area contributed by atoms with Crippen molar-refractivity contribution in [3.8, 4) is 0 Å². The number of carbonyl (C=O) groups excluding carboxylic acids is 1. The number of esters is 1. The van der Waals surface area contributed by atoms with Crippen LogP contribution in [0.15, 0.2) is 18.2 Å². The standard InChI is InChI=1S/C16H24N2O2/c1-3-12-5-4-9-18(10-8-12)15-11-13(16(19)20-2)6-7-14(15)17/h6-7,11-12H,3-5,8-10,17H2,1-2H3. The highest BCUT2D eigenvalue weighted by atomic mass is 16.5. The van der Waals surface area contributed by atoms with Gasteiger partial charge in [-0.3, -0.25) is 0 Å². The lowest BCUT2D eigenvalue weighted by atomic mass is 9.98. The number of carbonyl (C=O) groups is 1. The Bertz CT molecular complexity index is 474. The van der Waals surface area contributed by atoms with Crippen molar-refractivity contribution >= 4 is 17.3 Å². The molecule has 0 spiro atoms. The number of hydrogen-bond acceptors (Lipinski definition) is 4. The van der Waals surface area contributed by atoms with Gasteiger partial charge in [0, 0.05) is 13.1 Å². The summed E-state index contributed by atoms with van der Waals surface area (Å²) in [7, 11) is 1.40. The first-order valence-electron chi connectivity index (χ1n) is 7.38. The summed E-state index contributed by atoms with van der Waals surface area (Å²) < 4.78 is 4.78. The highest BCUT2D eigenvalue weighted by Gasteiger charge is 2.18. The second-order valence-electron chi connectivity index (χ2n) is 5.46. The van der Waals surface area contributed by atoms with E-state index in [2.05, 4.69) is 11.8 Å². The average Bonchev–Trinajstić information content (AvgIpc) is 2.72. The number of nitrogens with two attached hydrogens (primary N) is 1. The van der Waals surface area contributed by atoms with Crippen LogP contribution in [0.3, 0.4) is 0 Å². The van der Waals surface area contributed by atoms with Gasteiger partial charge in [-0.05, 0) is 43.4 Å². The van der Waals surface area contributed by atoms with Crippen LogP contribution in [0.4, 0.5) is 11.4 Å². The van der Waals surface area contributed by atoms with E-state index in [0.717, 1.165) is 30.4 Å². The van der Waals surface area contributed by atoms with E-state index in [9.17, 15) is 4.79 Å². The monoisotopic (exact) mass is 276 g/mol. The topological polar surface area (TPSA) is 55.6 Å². The molecule has 0 amide bonds. The second-order valence-corrected chi connectivity index (χ2v) is 5.46. The van der Waals surface area contributed by atoms with Gasteiger partial charge in [-0.25, -0.2) is 4.79 Å². The normalized spacial score (nSPS) is 19.5. The predicted octanol–water partition coefficient (Wildman–Crippen LogP) is 3.07. The quantitative estimate of drug-likeness (QED) is 0.681. The first-order chi connectivity index (χ1) is 9.65. The van der Waals surface area contributed by atoms with Crippen LogP contribution in [-0.4, -0.2) is 26.2 Å². The van der Waals surface area contributed by atoms with Crippen molar-refractivity contribution in [3.63, 3.8) is 0 Å². The van der Waals surface area contributed by atoms with E-state index in [0.29, 0.717) is 5.56 Å². The Morgan fingerprint density at radius 2 is 2.20 bits per heavy atom. The first kappa shape index (κ1) is 14.7. The molecule has 0 aliphatic carbocycles. The molecular weight excluding hydrogens is 252 g/mol. The van der Waals surface area contributed by atoms with Gasteiger partial charge in [0.1, 0.15) is 0 Å². The van der Waals surface area contributed by atoms with Crippen LogP contribution >= 0.6 is 0 Å². The molecule has 1 saturated heterocycles. The molecule has 2 rings (SSSR count). The summed E-state index contributed by atoms with van der Waals surface area (Å²) in [4.78, 5) is 13.9. The van der Waals surface area contributed by atoms with Gasteiger partial charge in [-0.15, -0.1) is 0 Å². The Hall–Kier alpha value is -1.71. The van der Waals surface area contributed by atoms with Gasteiger partial charge in [-0.2, -0.15) is 0 Å². The Morgan fingerprint density at radius 3 is 2.90 bits per heavy atom. The van der Waals surface area contributed by atoms with Crippen LogP contribution in [0.5, 0.6) is 0 Å². The SMILES string of the molecule is CCC1CCCN(c2cc(C(=O)OC)ccc2N)CC1. The fraction of sp³-hybridized carbons (Fsp3) is 0.562. The highest BCUT2D eigenvalue weighted by molar-refractivity contribution is 5.92. The summed E-state index contributed by atoms with van der Waals surface area (Å²) >= 11 is 0. The summed E-state index contributed by atoms with van der Waals surface area (Å²) in [5, 5.41) is 0. The maximum Gasteiger partial charge on any atom is 0.337 e. The Balaban J connectivity index is 2.20. The molecule has 4 heteroatoms. The molecule has 1 aromatic carbocycles. The van der Waals surface area contributed by atoms with Crippen molar-refractivity contribution in [3.05, 3.63) is 23.8 Å². The zero-order valence-corrected chi connectivity index (χ0v) is 12.4. The zero-order chi connectivity index (χ0) is 14.5. The number of rotatable bonds is 3. The molecule has 1 unspecified atom stereocenters. The molecule has 1 atom stereocenters.